The molecule has 18 heavy (non-hydrogen) atoms. The highest BCUT2D eigenvalue weighted by Gasteiger charge is 2.18. The predicted octanol–water partition coefficient (Wildman–Crippen LogP) is -0.516. The van der Waals surface area contributed by atoms with Crippen LogP contribution in [0.2, 0.25) is 0 Å². The molecule has 0 bridgehead atoms. The van der Waals surface area contributed by atoms with Crippen LogP contribution in [-0.4, -0.2) is 47.0 Å². The van der Waals surface area contributed by atoms with Gasteiger partial charge in [0.15, 0.2) is 0 Å². The predicted molar refractivity (Wildman–Crippen MR) is 66.5 cm³/mol. The third-order valence-electron chi connectivity index (χ3n) is 2.90. The minimum Gasteiger partial charge on any atom is -0.314 e. The van der Waals surface area contributed by atoms with E-state index in [0.29, 0.717) is 12.5 Å². The number of hydrogen-bond donors (Lipinski definition) is 2. The van der Waals surface area contributed by atoms with Crippen molar-refractivity contribution in [3.8, 4) is 0 Å². The van der Waals surface area contributed by atoms with Gasteiger partial charge in [-0.15, -0.1) is 5.10 Å². The lowest BCUT2D eigenvalue weighted by Gasteiger charge is -2.23. The maximum absolute atomic E-state index is 11.8. The maximum atomic E-state index is 11.8. The van der Waals surface area contributed by atoms with Crippen LogP contribution in [0.5, 0.6) is 0 Å². The molecule has 1 aromatic heterocycles. The fraction of sp³-hybridized carbons (Fsp3) is 0.889. The largest absolute Gasteiger partial charge is 0.314 e. The van der Waals surface area contributed by atoms with E-state index in [-0.39, 0.29) is 11.7 Å². The normalized spacial score (nSPS) is 20.8. The molecule has 102 valence electrons. The molecule has 0 saturated carbocycles. The number of nitrogens with zero attached hydrogens (tertiary/aromatic N) is 4. The fourth-order valence-corrected chi connectivity index (χ4v) is 3.04. The van der Waals surface area contributed by atoms with Crippen molar-refractivity contribution in [3.05, 3.63) is 0 Å². The average molecular weight is 274 g/mol. The minimum absolute atomic E-state index is 0.0223. The number of piperidine rings is 1. The number of aryl methyl sites for hydroxylation is 1. The van der Waals surface area contributed by atoms with Crippen LogP contribution < -0.4 is 10.0 Å². The van der Waals surface area contributed by atoms with Crippen molar-refractivity contribution in [2.75, 3.05) is 17.0 Å². The van der Waals surface area contributed by atoms with E-state index in [1.54, 1.807) is 7.05 Å². The molecule has 0 radical (unpaired) electrons. The number of sulfonamides is 1. The molecule has 1 saturated heterocycles. The molecular formula is C9H18N6O2S. The highest BCUT2D eigenvalue weighted by atomic mass is 32.2. The lowest BCUT2D eigenvalue weighted by Crippen LogP contribution is -2.36. The summed E-state index contributed by atoms with van der Waals surface area (Å²) in [6, 6.07) is 0.296. The summed E-state index contributed by atoms with van der Waals surface area (Å²) >= 11 is 0. The number of hydrogen-bond acceptors (Lipinski definition) is 6. The van der Waals surface area contributed by atoms with Crippen molar-refractivity contribution in [1.29, 1.82) is 0 Å². The van der Waals surface area contributed by atoms with Gasteiger partial charge in [0.05, 0.1) is 12.8 Å². The molecule has 8 nitrogen and oxygen atoms in total. The molecule has 2 heterocycles. The molecule has 1 aromatic rings. The zero-order chi connectivity index (χ0) is 13.0. The van der Waals surface area contributed by atoms with Crippen LogP contribution in [0.1, 0.15) is 25.7 Å². The van der Waals surface area contributed by atoms with E-state index < -0.39 is 10.0 Å². The Bertz CT molecular complexity index is 479. The summed E-state index contributed by atoms with van der Waals surface area (Å²) in [7, 11) is -1.81. The van der Waals surface area contributed by atoms with Gasteiger partial charge in [0.1, 0.15) is 0 Å². The fourth-order valence-electron chi connectivity index (χ4n) is 1.98. The van der Waals surface area contributed by atoms with Crippen LogP contribution in [-0.2, 0) is 17.1 Å². The third-order valence-corrected chi connectivity index (χ3v) is 4.17. The van der Waals surface area contributed by atoms with Crippen LogP contribution in [0.15, 0.2) is 0 Å². The molecule has 0 amide bonds. The molecule has 2 N–H and O–H groups in total. The van der Waals surface area contributed by atoms with Crippen LogP contribution >= 0.6 is 0 Å². The zero-order valence-electron chi connectivity index (χ0n) is 10.3. The van der Waals surface area contributed by atoms with Crippen molar-refractivity contribution in [2.45, 2.75) is 31.7 Å². The van der Waals surface area contributed by atoms with Gasteiger partial charge in [0.2, 0.25) is 10.0 Å². The first-order valence-corrected chi connectivity index (χ1v) is 7.68. The van der Waals surface area contributed by atoms with E-state index in [0.717, 1.165) is 19.4 Å². The lowest BCUT2D eigenvalue weighted by molar-refractivity contribution is 0.393. The molecule has 1 aliphatic rings. The molecule has 0 aromatic carbocycles. The molecule has 0 spiro atoms. The first-order valence-electron chi connectivity index (χ1n) is 6.03. The van der Waals surface area contributed by atoms with Crippen LogP contribution in [0.4, 0.5) is 5.95 Å². The van der Waals surface area contributed by atoms with E-state index >= 15 is 0 Å². The molecule has 1 atom stereocenters. The Balaban J connectivity index is 1.83. The molecule has 1 unspecified atom stereocenters. The highest BCUT2D eigenvalue weighted by Crippen LogP contribution is 2.11. The van der Waals surface area contributed by atoms with Crippen LogP contribution in [0.3, 0.4) is 0 Å². The van der Waals surface area contributed by atoms with Crippen molar-refractivity contribution >= 4 is 16.0 Å². The van der Waals surface area contributed by atoms with Gasteiger partial charge in [-0.1, -0.05) is 11.5 Å². The number of rotatable bonds is 5. The second kappa shape index (κ2) is 5.61. The Morgan fingerprint density at radius 1 is 1.50 bits per heavy atom. The van der Waals surface area contributed by atoms with Crippen molar-refractivity contribution < 1.29 is 8.42 Å². The smallest absolute Gasteiger partial charge is 0.276 e. The summed E-state index contributed by atoms with van der Waals surface area (Å²) in [5.41, 5.74) is 0. The topological polar surface area (TPSA) is 102 Å². The zero-order valence-corrected chi connectivity index (χ0v) is 11.2. The van der Waals surface area contributed by atoms with E-state index in [1.165, 1.54) is 11.2 Å². The second-order valence-electron chi connectivity index (χ2n) is 4.46. The Morgan fingerprint density at radius 3 is 2.94 bits per heavy atom. The first kappa shape index (κ1) is 13.2. The summed E-state index contributed by atoms with van der Waals surface area (Å²) in [4.78, 5) is 1.21. The number of anilines is 1. The Labute approximate surface area is 106 Å². The summed E-state index contributed by atoms with van der Waals surface area (Å²) in [5.74, 6) is 0.0947. The lowest BCUT2D eigenvalue weighted by atomic mass is 10.0. The Kier molecular flexibility index (Phi) is 4.12. The highest BCUT2D eigenvalue weighted by molar-refractivity contribution is 7.92. The van der Waals surface area contributed by atoms with Gasteiger partial charge in [-0.2, -0.15) is 4.80 Å². The third kappa shape index (κ3) is 3.91. The van der Waals surface area contributed by atoms with Gasteiger partial charge in [-0.05, 0) is 31.0 Å². The summed E-state index contributed by atoms with van der Waals surface area (Å²) in [5, 5.41) is 14.3. The summed E-state index contributed by atoms with van der Waals surface area (Å²) < 4.78 is 25.9. The monoisotopic (exact) mass is 274 g/mol. The number of nitrogens with one attached hydrogen (secondary N) is 2. The van der Waals surface area contributed by atoms with Gasteiger partial charge in [0, 0.05) is 6.04 Å². The van der Waals surface area contributed by atoms with E-state index in [2.05, 4.69) is 25.4 Å². The Hall–Kier alpha value is -1.22. The average Bonchev–Trinajstić information content (AvgIpc) is 2.73. The van der Waals surface area contributed by atoms with E-state index in [1.807, 2.05) is 0 Å². The minimum atomic E-state index is -3.39. The van der Waals surface area contributed by atoms with Gasteiger partial charge in [0.25, 0.3) is 5.95 Å². The van der Waals surface area contributed by atoms with Gasteiger partial charge in [-0.3, -0.25) is 0 Å². The maximum Gasteiger partial charge on any atom is 0.276 e. The first-order chi connectivity index (χ1) is 8.55. The van der Waals surface area contributed by atoms with Crippen LogP contribution in [0.25, 0.3) is 0 Å². The Morgan fingerprint density at radius 2 is 2.33 bits per heavy atom. The van der Waals surface area contributed by atoms with Crippen molar-refractivity contribution in [1.82, 2.24) is 25.5 Å². The van der Waals surface area contributed by atoms with Gasteiger partial charge >= 0.3 is 0 Å². The molecule has 9 heteroatoms. The van der Waals surface area contributed by atoms with Crippen molar-refractivity contribution in [2.24, 2.45) is 7.05 Å². The molecule has 1 fully saturated rings. The van der Waals surface area contributed by atoms with Crippen molar-refractivity contribution in [3.63, 3.8) is 0 Å². The van der Waals surface area contributed by atoms with E-state index in [4.69, 9.17) is 0 Å². The quantitative estimate of drug-likeness (QED) is 0.749. The summed E-state index contributed by atoms with van der Waals surface area (Å²) in [6.45, 7) is 0.976. The number of tetrazole rings is 1. The van der Waals surface area contributed by atoms with Gasteiger partial charge in [-0.25, -0.2) is 13.1 Å². The molecule has 0 aliphatic carbocycles. The molecule has 2 rings (SSSR count). The SMILES string of the molecule is Cn1nnc(NS(=O)(=O)CCC2CCCCN2)n1. The number of aromatic nitrogens is 4. The van der Waals surface area contributed by atoms with Gasteiger partial charge < -0.3 is 5.32 Å². The van der Waals surface area contributed by atoms with Crippen LogP contribution in [0, 0.1) is 0 Å². The molecular weight excluding hydrogens is 256 g/mol. The molecule has 1 aliphatic heterocycles. The second-order valence-corrected chi connectivity index (χ2v) is 6.30. The summed E-state index contributed by atoms with van der Waals surface area (Å²) in [6.07, 6.45) is 3.98. The van der Waals surface area contributed by atoms with E-state index in [9.17, 15) is 8.42 Å². The standard InChI is InChI=1S/C9H18N6O2S/c1-15-12-9(11-14-15)13-18(16,17)7-5-8-4-2-3-6-10-8/h8,10H,2-7H2,1H3,(H,12,13).